The number of halogens is 1. The van der Waals surface area contributed by atoms with Gasteiger partial charge in [-0.05, 0) is 38.1 Å². The predicted molar refractivity (Wildman–Crippen MR) is 70.1 cm³/mol. The first-order valence-corrected chi connectivity index (χ1v) is 6.66. The Morgan fingerprint density at radius 1 is 1.35 bits per heavy atom. The largest absolute Gasteiger partial charge is 0.332 e. The summed E-state index contributed by atoms with van der Waals surface area (Å²) in [7, 11) is 0. The van der Waals surface area contributed by atoms with Gasteiger partial charge in [-0.2, -0.15) is 4.98 Å². The van der Waals surface area contributed by atoms with Crippen molar-refractivity contribution >= 4 is 0 Å². The Morgan fingerprint density at radius 2 is 2.15 bits per heavy atom. The molecule has 0 spiro atoms. The van der Waals surface area contributed by atoms with Crippen LogP contribution in [-0.4, -0.2) is 39.7 Å². The molecule has 0 saturated carbocycles. The van der Waals surface area contributed by atoms with Crippen LogP contribution in [0, 0.1) is 5.82 Å². The fourth-order valence-electron chi connectivity index (χ4n) is 2.32. The summed E-state index contributed by atoms with van der Waals surface area (Å²) in [6, 6.07) is 2.51. The molecule has 2 aromatic heterocycles. The normalized spacial score (nSPS) is 17.5. The van der Waals surface area contributed by atoms with Crippen molar-refractivity contribution in [2.24, 2.45) is 5.73 Å². The lowest BCUT2D eigenvalue weighted by Gasteiger charge is -2.17. The summed E-state index contributed by atoms with van der Waals surface area (Å²) in [5, 5.41) is 3.89. The van der Waals surface area contributed by atoms with Gasteiger partial charge in [0, 0.05) is 6.54 Å². The van der Waals surface area contributed by atoms with E-state index >= 15 is 0 Å². The molecule has 3 rings (SSSR count). The molecule has 0 aromatic carbocycles. The number of hydrogen-bond acceptors (Lipinski definition) is 6. The first-order chi connectivity index (χ1) is 9.72. The van der Waals surface area contributed by atoms with Gasteiger partial charge in [-0.25, -0.2) is 9.37 Å². The second kappa shape index (κ2) is 5.64. The summed E-state index contributed by atoms with van der Waals surface area (Å²) < 4.78 is 17.9. The Bertz CT molecular complexity index is 564. The molecule has 1 fully saturated rings. The lowest BCUT2D eigenvalue weighted by molar-refractivity contribution is 0.306. The van der Waals surface area contributed by atoms with Gasteiger partial charge < -0.3 is 15.2 Å². The van der Waals surface area contributed by atoms with E-state index in [1.54, 1.807) is 0 Å². The number of rotatable bonds is 4. The third-order valence-corrected chi connectivity index (χ3v) is 3.37. The van der Waals surface area contributed by atoms with Gasteiger partial charge in [0.1, 0.15) is 11.5 Å². The summed E-state index contributed by atoms with van der Waals surface area (Å²) in [5.41, 5.74) is 6.53. The summed E-state index contributed by atoms with van der Waals surface area (Å²) >= 11 is 0. The van der Waals surface area contributed by atoms with Gasteiger partial charge in [0.25, 0.3) is 5.89 Å². The fourth-order valence-corrected chi connectivity index (χ4v) is 2.32. The van der Waals surface area contributed by atoms with Crippen LogP contribution in [0.15, 0.2) is 22.9 Å². The van der Waals surface area contributed by atoms with E-state index in [4.69, 9.17) is 10.3 Å². The number of nitrogens with two attached hydrogens (primary N) is 1. The molecule has 0 radical (unpaired) electrons. The van der Waals surface area contributed by atoms with Gasteiger partial charge in [0.15, 0.2) is 5.82 Å². The van der Waals surface area contributed by atoms with E-state index in [1.165, 1.54) is 25.0 Å². The highest BCUT2D eigenvalue weighted by atomic mass is 19.1. The van der Waals surface area contributed by atoms with E-state index in [-0.39, 0.29) is 11.9 Å². The first-order valence-electron chi connectivity index (χ1n) is 6.66. The van der Waals surface area contributed by atoms with Gasteiger partial charge >= 0.3 is 0 Å². The summed E-state index contributed by atoms with van der Waals surface area (Å²) in [4.78, 5) is 10.4. The molecule has 1 atom stereocenters. The monoisotopic (exact) mass is 277 g/mol. The maximum absolute atomic E-state index is 12.8. The SMILES string of the molecule is NC(CN1CCCC1)c1noc(-c2ccc(F)cn2)n1. The molecule has 3 heterocycles. The number of pyridine rings is 1. The molecule has 106 valence electrons. The molecule has 0 amide bonds. The Kier molecular flexibility index (Phi) is 3.70. The van der Waals surface area contributed by atoms with Crippen LogP contribution in [0.25, 0.3) is 11.6 Å². The smallest absolute Gasteiger partial charge is 0.276 e. The predicted octanol–water partition coefficient (Wildman–Crippen LogP) is 1.37. The van der Waals surface area contributed by atoms with Crippen molar-refractivity contribution in [3.63, 3.8) is 0 Å². The van der Waals surface area contributed by atoms with E-state index in [1.807, 2.05) is 0 Å². The molecule has 1 unspecified atom stereocenters. The Balaban J connectivity index is 1.70. The fraction of sp³-hybridized carbons (Fsp3) is 0.462. The van der Waals surface area contributed by atoms with Crippen LogP contribution < -0.4 is 5.73 Å². The third-order valence-electron chi connectivity index (χ3n) is 3.37. The topological polar surface area (TPSA) is 81.1 Å². The van der Waals surface area contributed by atoms with E-state index in [0.29, 0.717) is 11.5 Å². The van der Waals surface area contributed by atoms with Crippen molar-refractivity contribution < 1.29 is 8.91 Å². The van der Waals surface area contributed by atoms with Crippen molar-refractivity contribution in [3.05, 3.63) is 30.0 Å². The number of likely N-dealkylation sites (tertiary alicyclic amines) is 1. The van der Waals surface area contributed by atoms with Crippen LogP contribution >= 0.6 is 0 Å². The highest BCUT2D eigenvalue weighted by molar-refractivity contribution is 5.45. The van der Waals surface area contributed by atoms with Crippen molar-refractivity contribution in [1.82, 2.24) is 20.0 Å². The van der Waals surface area contributed by atoms with E-state index < -0.39 is 5.82 Å². The quantitative estimate of drug-likeness (QED) is 0.909. The van der Waals surface area contributed by atoms with Gasteiger partial charge in [-0.3, -0.25) is 0 Å². The molecule has 20 heavy (non-hydrogen) atoms. The van der Waals surface area contributed by atoms with Crippen molar-refractivity contribution in [3.8, 4) is 11.6 Å². The minimum Gasteiger partial charge on any atom is -0.332 e. The average Bonchev–Trinajstić information content (AvgIpc) is 3.10. The molecule has 0 aliphatic carbocycles. The van der Waals surface area contributed by atoms with E-state index in [2.05, 4.69) is 20.0 Å². The molecule has 2 aromatic rings. The van der Waals surface area contributed by atoms with Crippen LogP contribution in [0.3, 0.4) is 0 Å². The van der Waals surface area contributed by atoms with Crippen LogP contribution in [-0.2, 0) is 0 Å². The first kappa shape index (κ1) is 13.1. The standard InChI is InChI=1S/C13H16FN5O/c14-9-3-4-11(16-7-9)13-17-12(18-20-13)10(15)8-19-5-1-2-6-19/h3-4,7,10H,1-2,5-6,8,15H2. The second-order valence-corrected chi connectivity index (χ2v) is 4.93. The van der Waals surface area contributed by atoms with Gasteiger partial charge in [-0.15, -0.1) is 0 Å². The lowest BCUT2D eigenvalue weighted by atomic mass is 10.3. The zero-order valence-electron chi connectivity index (χ0n) is 11.0. The van der Waals surface area contributed by atoms with Crippen molar-refractivity contribution in [2.75, 3.05) is 19.6 Å². The van der Waals surface area contributed by atoms with E-state index in [9.17, 15) is 4.39 Å². The third kappa shape index (κ3) is 2.83. The Labute approximate surface area is 115 Å². The van der Waals surface area contributed by atoms with Crippen LogP contribution in [0.1, 0.15) is 24.7 Å². The maximum Gasteiger partial charge on any atom is 0.276 e. The second-order valence-electron chi connectivity index (χ2n) is 4.93. The molecular formula is C13H16FN5O. The average molecular weight is 277 g/mol. The molecule has 2 N–H and O–H groups in total. The van der Waals surface area contributed by atoms with E-state index in [0.717, 1.165) is 25.8 Å². The minimum atomic E-state index is -0.403. The molecule has 0 bridgehead atoms. The summed E-state index contributed by atoms with van der Waals surface area (Å²) in [5.74, 6) is 0.314. The maximum atomic E-state index is 12.8. The lowest BCUT2D eigenvalue weighted by Crippen LogP contribution is -2.30. The molecular weight excluding hydrogens is 261 g/mol. The number of nitrogens with zero attached hydrogens (tertiary/aromatic N) is 4. The number of hydrogen-bond donors (Lipinski definition) is 1. The van der Waals surface area contributed by atoms with Crippen LogP contribution in [0.2, 0.25) is 0 Å². The van der Waals surface area contributed by atoms with Crippen LogP contribution in [0.4, 0.5) is 4.39 Å². The molecule has 1 aliphatic rings. The summed E-state index contributed by atoms with van der Waals surface area (Å²) in [6.45, 7) is 2.85. The van der Waals surface area contributed by atoms with Gasteiger partial charge in [0.05, 0.1) is 12.2 Å². The highest BCUT2D eigenvalue weighted by Crippen LogP contribution is 2.18. The van der Waals surface area contributed by atoms with Gasteiger partial charge in [-0.1, -0.05) is 5.16 Å². The molecule has 7 heteroatoms. The van der Waals surface area contributed by atoms with Gasteiger partial charge in [0.2, 0.25) is 0 Å². The van der Waals surface area contributed by atoms with Crippen molar-refractivity contribution in [1.29, 1.82) is 0 Å². The Hall–Kier alpha value is -1.86. The zero-order chi connectivity index (χ0) is 13.9. The number of aromatic nitrogens is 3. The zero-order valence-corrected chi connectivity index (χ0v) is 11.0. The Morgan fingerprint density at radius 3 is 2.85 bits per heavy atom. The highest BCUT2D eigenvalue weighted by Gasteiger charge is 2.20. The molecule has 6 nitrogen and oxygen atoms in total. The minimum absolute atomic E-state index is 0.261. The molecule has 1 aliphatic heterocycles. The van der Waals surface area contributed by atoms with Crippen LogP contribution in [0.5, 0.6) is 0 Å². The molecule has 1 saturated heterocycles. The van der Waals surface area contributed by atoms with Crippen molar-refractivity contribution in [2.45, 2.75) is 18.9 Å². The summed E-state index contributed by atoms with van der Waals surface area (Å²) in [6.07, 6.45) is 3.54.